The Kier molecular flexibility index (Phi) is 2.08. The largest absolute Gasteiger partial charge is 0.393 e. The molecule has 3 rings (SSSR count). The van der Waals surface area contributed by atoms with Crippen molar-refractivity contribution in [3.8, 4) is 0 Å². The van der Waals surface area contributed by atoms with Gasteiger partial charge in [0.15, 0.2) is 0 Å². The standard InChI is InChI=1S/C12H16O3/c13-11-8-5-7-3-1-2-4-9(7)10(6-8)12(14)15-11/h7-10H,1-6H2. The van der Waals surface area contributed by atoms with Crippen molar-refractivity contribution in [1.82, 2.24) is 0 Å². The van der Waals surface area contributed by atoms with Crippen LogP contribution in [0, 0.1) is 23.7 Å². The van der Waals surface area contributed by atoms with Crippen LogP contribution in [0.5, 0.6) is 0 Å². The summed E-state index contributed by atoms with van der Waals surface area (Å²) in [5.41, 5.74) is 0. The van der Waals surface area contributed by atoms with Crippen molar-refractivity contribution in [2.75, 3.05) is 0 Å². The van der Waals surface area contributed by atoms with Crippen molar-refractivity contribution in [1.29, 1.82) is 0 Å². The third-order valence-corrected chi connectivity index (χ3v) is 4.45. The molecule has 3 nitrogen and oxygen atoms in total. The van der Waals surface area contributed by atoms with E-state index in [1.165, 1.54) is 19.3 Å². The maximum absolute atomic E-state index is 11.6. The molecule has 0 N–H and O–H groups in total. The van der Waals surface area contributed by atoms with Crippen LogP contribution in [0.15, 0.2) is 0 Å². The number of fused-ring (bicyclic) bond motifs is 4. The highest BCUT2D eigenvalue weighted by molar-refractivity contribution is 5.91. The molecular formula is C12H16O3. The topological polar surface area (TPSA) is 43.4 Å². The van der Waals surface area contributed by atoms with E-state index in [9.17, 15) is 9.59 Å². The molecule has 0 aromatic heterocycles. The first kappa shape index (κ1) is 9.37. The summed E-state index contributed by atoms with van der Waals surface area (Å²) in [4.78, 5) is 23.1. The summed E-state index contributed by atoms with van der Waals surface area (Å²) < 4.78 is 4.82. The van der Waals surface area contributed by atoms with Crippen LogP contribution in [0.3, 0.4) is 0 Å². The van der Waals surface area contributed by atoms with E-state index < -0.39 is 0 Å². The van der Waals surface area contributed by atoms with Crippen LogP contribution >= 0.6 is 0 Å². The molecule has 4 unspecified atom stereocenters. The Morgan fingerprint density at radius 3 is 2.67 bits per heavy atom. The fourth-order valence-electron chi connectivity index (χ4n) is 3.72. The van der Waals surface area contributed by atoms with Gasteiger partial charge >= 0.3 is 11.9 Å². The maximum Gasteiger partial charge on any atom is 0.316 e. The molecule has 0 spiro atoms. The Balaban J connectivity index is 1.87. The predicted octanol–water partition coefficient (Wildman–Crippen LogP) is 1.90. The second kappa shape index (κ2) is 3.32. The molecule has 1 aliphatic heterocycles. The summed E-state index contributed by atoms with van der Waals surface area (Å²) in [5.74, 6) is 0.668. The van der Waals surface area contributed by atoms with Crippen molar-refractivity contribution < 1.29 is 14.3 Å². The van der Waals surface area contributed by atoms with E-state index in [4.69, 9.17) is 4.74 Å². The van der Waals surface area contributed by atoms with E-state index in [-0.39, 0.29) is 23.8 Å². The molecule has 1 saturated heterocycles. The average molecular weight is 208 g/mol. The quantitative estimate of drug-likeness (QED) is 0.451. The Hall–Kier alpha value is -0.860. The summed E-state index contributed by atoms with van der Waals surface area (Å²) in [6.07, 6.45) is 6.60. The maximum atomic E-state index is 11.6. The minimum Gasteiger partial charge on any atom is -0.393 e. The molecule has 2 bridgehead atoms. The summed E-state index contributed by atoms with van der Waals surface area (Å²) in [5, 5.41) is 0. The molecule has 2 aliphatic carbocycles. The highest BCUT2D eigenvalue weighted by atomic mass is 16.6. The van der Waals surface area contributed by atoms with E-state index in [1.54, 1.807) is 0 Å². The van der Waals surface area contributed by atoms with Gasteiger partial charge in [-0.1, -0.05) is 19.3 Å². The normalized spacial score (nSPS) is 44.5. The molecular weight excluding hydrogens is 192 g/mol. The van der Waals surface area contributed by atoms with Gasteiger partial charge in [-0.2, -0.15) is 0 Å². The average Bonchev–Trinajstić information content (AvgIpc) is 2.26. The van der Waals surface area contributed by atoms with Gasteiger partial charge in [0.1, 0.15) is 0 Å². The lowest BCUT2D eigenvalue weighted by Crippen LogP contribution is -2.47. The van der Waals surface area contributed by atoms with Crippen LogP contribution in [0.2, 0.25) is 0 Å². The first-order valence-electron chi connectivity index (χ1n) is 6.01. The lowest BCUT2D eigenvalue weighted by atomic mass is 9.61. The van der Waals surface area contributed by atoms with Gasteiger partial charge < -0.3 is 4.74 Å². The molecule has 3 heteroatoms. The molecule has 3 aliphatic rings. The van der Waals surface area contributed by atoms with Gasteiger partial charge in [0, 0.05) is 0 Å². The zero-order chi connectivity index (χ0) is 10.4. The minimum atomic E-state index is -0.264. The second-order valence-corrected chi connectivity index (χ2v) is 5.22. The molecule has 0 aromatic rings. The lowest BCUT2D eigenvalue weighted by molar-refractivity contribution is -0.180. The van der Waals surface area contributed by atoms with E-state index in [2.05, 4.69) is 0 Å². The fourth-order valence-corrected chi connectivity index (χ4v) is 3.72. The molecule has 0 radical (unpaired) electrons. The predicted molar refractivity (Wildman–Crippen MR) is 52.8 cm³/mol. The van der Waals surface area contributed by atoms with Crippen molar-refractivity contribution in [2.45, 2.75) is 38.5 Å². The number of hydrogen-bond acceptors (Lipinski definition) is 3. The van der Waals surface area contributed by atoms with E-state index in [0.29, 0.717) is 11.8 Å². The van der Waals surface area contributed by atoms with Gasteiger partial charge in [0.05, 0.1) is 11.8 Å². The molecule has 2 saturated carbocycles. The van der Waals surface area contributed by atoms with Crippen molar-refractivity contribution in [3.63, 3.8) is 0 Å². The zero-order valence-corrected chi connectivity index (χ0v) is 8.78. The van der Waals surface area contributed by atoms with Crippen LogP contribution in [0.25, 0.3) is 0 Å². The number of carbonyl (C=O) groups excluding carboxylic acids is 2. The zero-order valence-electron chi connectivity index (χ0n) is 8.78. The number of cyclic esters (lactones) is 2. The molecule has 1 heterocycles. The van der Waals surface area contributed by atoms with E-state index in [1.807, 2.05) is 0 Å². The first-order valence-corrected chi connectivity index (χ1v) is 6.01. The fraction of sp³-hybridized carbons (Fsp3) is 0.833. The van der Waals surface area contributed by atoms with Gasteiger partial charge in [-0.15, -0.1) is 0 Å². The Bertz CT molecular complexity index is 310. The Morgan fingerprint density at radius 1 is 1.00 bits per heavy atom. The highest BCUT2D eigenvalue weighted by Gasteiger charge is 2.49. The van der Waals surface area contributed by atoms with Crippen molar-refractivity contribution >= 4 is 11.9 Å². The van der Waals surface area contributed by atoms with Gasteiger partial charge in [-0.3, -0.25) is 9.59 Å². The Labute approximate surface area is 89.2 Å². The summed E-state index contributed by atoms with van der Waals surface area (Å²) in [6, 6.07) is 0. The van der Waals surface area contributed by atoms with Crippen LogP contribution in [-0.4, -0.2) is 11.9 Å². The SMILES string of the molecule is O=C1OC(=O)C2CC1CC1CCCCC12. The van der Waals surface area contributed by atoms with E-state index >= 15 is 0 Å². The number of ether oxygens (including phenoxy) is 1. The summed E-state index contributed by atoms with van der Waals surface area (Å²) in [6.45, 7) is 0. The number of carbonyl (C=O) groups is 2. The number of esters is 2. The smallest absolute Gasteiger partial charge is 0.316 e. The van der Waals surface area contributed by atoms with Crippen LogP contribution in [0.1, 0.15) is 38.5 Å². The summed E-state index contributed by atoms with van der Waals surface area (Å²) in [7, 11) is 0. The molecule has 82 valence electrons. The minimum absolute atomic E-state index is 0.0204. The van der Waals surface area contributed by atoms with Gasteiger partial charge in [0.2, 0.25) is 0 Å². The molecule has 0 amide bonds. The van der Waals surface area contributed by atoms with Crippen LogP contribution < -0.4 is 0 Å². The summed E-state index contributed by atoms with van der Waals surface area (Å²) >= 11 is 0. The third kappa shape index (κ3) is 1.40. The lowest BCUT2D eigenvalue weighted by Gasteiger charge is -2.44. The van der Waals surface area contributed by atoms with Crippen molar-refractivity contribution in [2.24, 2.45) is 23.7 Å². The third-order valence-electron chi connectivity index (χ3n) is 4.45. The van der Waals surface area contributed by atoms with E-state index in [0.717, 1.165) is 19.3 Å². The Morgan fingerprint density at radius 2 is 1.80 bits per heavy atom. The molecule has 4 atom stereocenters. The number of hydrogen-bond donors (Lipinski definition) is 0. The van der Waals surface area contributed by atoms with Gasteiger partial charge in [-0.25, -0.2) is 0 Å². The van der Waals surface area contributed by atoms with Crippen molar-refractivity contribution in [3.05, 3.63) is 0 Å². The second-order valence-electron chi connectivity index (χ2n) is 5.22. The molecule has 0 aromatic carbocycles. The van der Waals surface area contributed by atoms with Gasteiger partial charge in [-0.05, 0) is 31.1 Å². The number of rotatable bonds is 0. The molecule has 3 fully saturated rings. The molecule has 15 heavy (non-hydrogen) atoms. The van der Waals surface area contributed by atoms with Gasteiger partial charge in [0.25, 0.3) is 0 Å². The monoisotopic (exact) mass is 208 g/mol. The van der Waals surface area contributed by atoms with Crippen LogP contribution in [0.4, 0.5) is 0 Å². The first-order chi connectivity index (χ1) is 7.25. The highest BCUT2D eigenvalue weighted by Crippen LogP contribution is 2.48. The van der Waals surface area contributed by atoms with Crippen LogP contribution in [-0.2, 0) is 14.3 Å².